The summed E-state index contributed by atoms with van der Waals surface area (Å²) in [5.74, 6) is 1.95. The number of aliphatic hydroxyl groups is 1. The van der Waals surface area contributed by atoms with Crippen LogP contribution in [-0.2, 0) is 6.54 Å². The third kappa shape index (κ3) is 5.25. The molecule has 7 heteroatoms. The van der Waals surface area contributed by atoms with Crippen LogP contribution in [0.3, 0.4) is 0 Å². The molecule has 30 heavy (non-hydrogen) atoms. The largest absolute Gasteiger partial charge is 0.491 e. The standard InChI is InChI=1S/C23H22N4O2S/c28-20(16-29-21-11-5-2-6-12-21)17-30-23-26-25-22(19-10-7-13-24-14-19)27(23)15-18-8-3-1-4-9-18/h1-14,20,28H,15-17H2. The second kappa shape index (κ2) is 10.0. The van der Waals surface area contributed by atoms with Crippen molar-refractivity contribution in [1.82, 2.24) is 19.7 Å². The van der Waals surface area contributed by atoms with E-state index in [1.54, 1.807) is 12.4 Å². The fraction of sp³-hybridized carbons (Fsp3) is 0.174. The Bertz CT molecular complexity index is 1040. The Hall–Kier alpha value is -3.16. The predicted octanol–water partition coefficient (Wildman–Crippen LogP) is 3.92. The number of para-hydroxylation sites is 1. The second-order valence-corrected chi connectivity index (χ2v) is 7.70. The fourth-order valence-electron chi connectivity index (χ4n) is 2.94. The summed E-state index contributed by atoms with van der Waals surface area (Å²) in [7, 11) is 0. The molecule has 1 N–H and O–H groups in total. The molecule has 0 saturated carbocycles. The first-order valence-corrected chi connectivity index (χ1v) is 10.6. The van der Waals surface area contributed by atoms with Gasteiger partial charge in [0.1, 0.15) is 12.4 Å². The predicted molar refractivity (Wildman–Crippen MR) is 117 cm³/mol. The van der Waals surface area contributed by atoms with Crippen molar-refractivity contribution in [3.05, 3.63) is 90.8 Å². The molecule has 6 nitrogen and oxygen atoms in total. The molecule has 0 spiro atoms. The first-order valence-electron chi connectivity index (χ1n) is 9.66. The number of aliphatic hydroxyl groups excluding tert-OH is 1. The molecule has 2 aromatic heterocycles. The van der Waals surface area contributed by atoms with Gasteiger partial charge < -0.3 is 9.84 Å². The lowest BCUT2D eigenvalue weighted by Gasteiger charge is -2.13. The average molecular weight is 419 g/mol. The van der Waals surface area contributed by atoms with Gasteiger partial charge in [-0.15, -0.1) is 10.2 Å². The number of hydrogen-bond donors (Lipinski definition) is 1. The van der Waals surface area contributed by atoms with Crippen molar-refractivity contribution in [1.29, 1.82) is 0 Å². The van der Waals surface area contributed by atoms with Gasteiger partial charge in [-0.25, -0.2) is 0 Å². The maximum Gasteiger partial charge on any atom is 0.191 e. The first kappa shape index (κ1) is 20.1. The molecule has 152 valence electrons. The maximum absolute atomic E-state index is 10.4. The van der Waals surface area contributed by atoms with Crippen molar-refractivity contribution < 1.29 is 9.84 Å². The quantitative estimate of drug-likeness (QED) is 0.415. The van der Waals surface area contributed by atoms with Gasteiger partial charge in [-0.2, -0.15) is 0 Å². The van der Waals surface area contributed by atoms with Gasteiger partial charge in [-0.1, -0.05) is 60.3 Å². The molecule has 1 unspecified atom stereocenters. The van der Waals surface area contributed by atoms with Crippen molar-refractivity contribution in [2.45, 2.75) is 17.8 Å². The van der Waals surface area contributed by atoms with Crippen LogP contribution in [0.5, 0.6) is 5.75 Å². The van der Waals surface area contributed by atoms with Gasteiger partial charge in [0.15, 0.2) is 11.0 Å². The third-order valence-electron chi connectivity index (χ3n) is 4.41. The summed E-state index contributed by atoms with van der Waals surface area (Å²) in [6, 6.07) is 23.5. The number of rotatable bonds is 9. The zero-order valence-corrected chi connectivity index (χ0v) is 17.2. The molecule has 0 bridgehead atoms. The highest BCUT2D eigenvalue weighted by Gasteiger charge is 2.17. The molecule has 0 saturated heterocycles. The van der Waals surface area contributed by atoms with Crippen molar-refractivity contribution in [3.63, 3.8) is 0 Å². The van der Waals surface area contributed by atoms with E-state index in [9.17, 15) is 5.11 Å². The van der Waals surface area contributed by atoms with Gasteiger partial charge in [0, 0.05) is 23.7 Å². The number of pyridine rings is 1. The van der Waals surface area contributed by atoms with E-state index >= 15 is 0 Å². The number of thioether (sulfide) groups is 1. The summed E-state index contributed by atoms with van der Waals surface area (Å²) in [5.41, 5.74) is 2.05. The zero-order chi connectivity index (χ0) is 20.6. The molecule has 0 aliphatic rings. The minimum Gasteiger partial charge on any atom is -0.491 e. The Balaban J connectivity index is 1.47. The van der Waals surface area contributed by atoms with Crippen molar-refractivity contribution in [3.8, 4) is 17.1 Å². The van der Waals surface area contributed by atoms with Crippen LogP contribution in [0.25, 0.3) is 11.4 Å². The summed E-state index contributed by atoms with van der Waals surface area (Å²) < 4.78 is 7.70. The first-order chi connectivity index (χ1) is 14.8. The lowest BCUT2D eigenvalue weighted by molar-refractivity contribution is 0.126. The van der Waals surface area contributed by atoms with Crippen molar-refractivity contribution in [2.75, 3.05) is 12.4 Å². The minimum absolute atomic E-state index is 0.222. The van der Waals surface area contributed by atoms with E-state index in [1.807, 2.05) is 60.7 Å². The van der Waals surface area contributed by atoms with E-state index in [4.69, 9.17) is 4.74 Å². The molecular formula is C23H22N4O2S. The van der Waals surface area contributed by atoms with E-state index in [-0.39, 0.29) is 6.61 Å². The molecule has 2 aromatic carbocycles. The Morgan fingerprint density at radius 2 is 1.70 bits per heavy atom. The molecular weight excluding hydrogens is 396 g/mol. The van der Waals surface area contributed by atoms with Crippen LogP contribution in [0.15, 0.2) is 90.3 Å². The smallest absolute Gasteiger partial charge is 0.191 e. The van der Waals surface area contributed by atoms with Gasteiger partial charge in [0.05, 0.1) is 12.6 Å². The lowest BCUT2D eigenvalue weighted by atomic mass is 10.2. The number of aromatic nitrogens is 4. The average Bonchev–Trinajstić information content (AvgIpc) is 3.20. The number of hydrogen-bond acceptors (Lipinski definition) is 6. The van der Waals surface area contributed by atoms with E-state index < -0.39 is 6.10 Å². The molecule has 0 amide bonds. The Morgan fingerprint density at radius 3 is 2.43 bits per heavy atom. The SMILES string of the molecule is OC(COc1ccccc1)CSc1nnc(-c2cccnc2)n1Cc1ccccc1. The summed E-state index contributed by atoms with van der Waals surface area (Å²) in [5, 5.41) is 19.9. The van der Waals surface area contributed by atoms with Gasteiger partial charge in [0.2, 0.25) is 0 Å². The summed E-state index contributed by atoms with van der Waals surface area (Å²) >= 11 is 1.46. The van der Waals surface area contributed by atoms with E-state index in [0.717, 1.165) is 27.9 Å². The summed E-state index contributed by atoms with van der Waals surface area (Å²) in [6.07, 6.45) is 2.89. The second-order valence-electron chi connectivity index (χ2n) is 6.71. The van der Waals surface area contributed by atoms with Gasteiger partial charge in [-0.05, 0) is 29.8 Å². The Labute approximate surface area is 179 Å². The van der Waals surface area contributed by atoms with E-state index in [1.165, 1.54) is 11.8 Å². The highest BCUT2D eigenvalue weighted by atomic mass is 32.2. The van der Waals surface area contributed by atoms with Crippen LogP contribution in [0.2, 0.25) is 0 Å². The minimum atomic E-state index is -0.626. The van der Waals surface area contributed by atoms with Crippen LogP contribution in [0, 0.1) is 0 Å². The van der Waals surface area contributed by atoms with Crippen LogP contribution < -0.4 is 4.74 Å². The molecule has 0 radical (unpaired) electrons. The summed E-state index contributed by atoms with van der Waals surface area (Å²) in [4.78, 5) is 4.20. The van der Waals surface area contributed by atoms with E-state index in [0.29, 0.717) is 12.3 Å². The van der Waals surface area contributed by atoms with Gasteiger partial charge in [-0.3, -0.25) is 9.55 Å². The molecule has 4 aromatic rings. The number of nitrogens with zero attached hydrogens (tertiary/aromatic N) is 4. The Kier molecular flexibility index (Phi) is 6.74. The highest BCUT2D eigenvalue weighted by molar-refractivity contribution is 7.99. The third-order valence-corrected chi connectivity index (χ3v) is 5.52. The van der Waals surface area contributed by atoms with Crippen LogP contribution in [0.4, 0.5) is 0 Å². The molecule has 4 rings (SSSR count). The lowest BCUT2D eigenvalue weighted by Crippen LogP contribution is -2.20. The monoisotopic (exact) mass is 418 g/mol. The number of benzene rings is 2. The van der Waals surface area contributed by atoms with Crippen LogP contribution >= 0.6 is 11.8 Å². The van der Waals surface area contributed by atoms with Crippen molar-refractivity contribution >= 4 is 11.8 Å². The molecule has 0 fully saturated rings. The molecule has 1 atom stereocenters. The molecule has 2 heterocycles. The van der Waals surface area contributed by atoms with Crippen LogP contribution in [0.1, 0.15) is 5.56 Å². The molecule has 0 aliphatic carbocycles. The zero-order valence-electron chi connectivity index (χ0n) is 16.3. The van der Waals surface area contributed by atoms with Crippen LogP contribution in [-0.4, -0.2) is 43.3 Å². The van der Waals surface area contributed by atoms with Gasteiger partial charge in [0.25, 0.3) is 0 Å². The van der Waals surface area contributed by atoms with Crippen molar-refractivity contribution in [2.24, 2.45) is 0 Å². The van der Waals surface area contributed by atoms with E-state index in [2.05, 4.69) is 31.9 Å². The van der Waals surface area contributed by atoms with Gasteiger partial charge >= 0.3 is 0 Å². The topological polar surface area (TPSA) is 73.1 Å². The highest BCUT2D eigenvalue weighted by Crippen LogP contribution is 2.25. The number of ether oxygens (including phenoxy) is 1. The molecule has 0 aliphatic heterocycles. The maximum atomic E-state index is 10.4. The normalized spacial score (nSPS) is 11.9. The summed E-state index contributed by atoms with van der Waals surface area (Å²) in [6.45, 7) is 0.857. The Morgan fingerprint density at radius 1 is 0.933 bits per heavy atom. The fourth-order valence-corrected chi connectivity index (χ4v) is 3.78.